The largest absolute Gasteiger partial charge is 0.496 e. The molecule has 14 heteroatoms. The fourth-order valence-corrected chi connectivity index (χ4v) is 4.35. The van der Waals surface area contributed by atoms with Crippen molar-refractivity contribution in [2.24, 2.45) is 0 Å². The summed E-state index contributed by atoms with van der Waals surface area (Å²) >= 11 is 0. The number of nitro groups is 1. The lowest BCUT2D eigenvalue weighted by molar-refractivity contribution is -0.383. The van der Waals surface area contributed by atoms with Crippen molar-refractivity contribution in [1.82, 2.24) is 5.32 Å². The molecule has 0 radical (unpaired) electrons. The van der Waals surface area contributed by atoms with E-state index < -0.39 is 43.9 Å². The van der Waals surface area contributed by atoms with E-state index in [1.165, 1.54) is 19.2 Å². The van der Waals surface area contributed by atoms with Crippen molar-refractivity contribution in [2.75, 3.05) is 34.8 Å². The minimum atomic E-state index is -3.79. The lowest BCUT2D eigenvalue weighted by atomic mass is 9.84. The summed E-state index contributed by atoms with van der Waals surface area (Å²) in [6, 6.07) is 5.77. The summed E-state index contributed by atoms with van der Waals surface area (Å²) in [4.78, 5) is 50.1. The number of urea groups is 1. The van der Waals surface area contributed by atoms with Gasteiger partial charge in [-0.25, -0.2) is 18.1 Å². The number of carbonyl (C=O) groups excluding carboxylic acids is 3. The SMILES string of the molecule is COc1c(C(=O)Nc2ccc(NS(C)(=O)=O)c([N+](=O)[O-])c2)cc(N2C(=O)CCNC2=O)cc1C(C)(C)C. The Kier molecular flexibility index (Phi) is 7.44. The summed E-state index contributed by atoms with van der Waals surface area (Å²) in [7, 11) is -2.42. The lowest BCUT2D eigenvalue weighted by Crippen LogP contribution is -2.50. The Morgan fingerprint density at radius 1 is 1.19 bits per heavy atom. The summed E-state index contributed by atoms with van der Waals surface area (Å²) in [5.74, 6) is -0.972. The highest BCUT2D eigenvalue weighted by atomic mass is 32.2. The summed E-state index contributed by atoms with van der Waals surface area (Å²) in [5.41, 5.74) is -0.711. The van der Waals surface area contributed by atoms with Crippen molar-refractivity contribution in [2.45, 2.75) is 32.6 Å². The van der Waals surface area contributed by atoms with E-state index in [0.717, 1.165) is 23.3 Å². The van der Waals surface area contributed by atoms with E-state index in [0.29, 0.717) is 5.56 Å². The van der Waals surface area contributed by atoms with E-state index in [-0.39, 0.29) is 41.3 Å². The standard InChI is InChI=1S/C23H27N5O8S/c1-23(2,3)16-12-14(27-19(29)8-9-24-22(27)31)11-15(20(16)36-4)21(30)25-13-6-7-17(26-37(5,34)35)18(10-13)28(32)33/h6-7,10-12,26H,8-9H2,1-5H3,(H,24,31)(H,25,30). The van der Waals surface area contributed by atoms with Gasteiger partial charge in [0.15, 0.2) is 0 Å². The van der Waals surface area contributed by atoms with Crippen LogP contribution in [0.15, 0.2) is 30.3 Å². The van der Waals surface area contributed by atoms with E-state index >= 15 is 0 Å². The van der Waals surface area contributed by atoms with E-state index in [4.69, 9.17) is 4.74 Å². The highest BCUT2D eigenvalue weighted by Gasteiger charge is 2.32. The molecule has 1 aliphatic rings. The van der Waals surface area contributed by atoms with Crippen molar-refractivity contribution in [1.29, 1.82) is 0 Å². The van der Waals surface area contributed by atoms with Crippen molar-refractivity contribution < 1.29 is 32.5 Å². The maximum atomic E-state index is 13.4. The zero-order chi connectivity index (χ0) is 27.7. The monoisotopic (exact) mass is 533 g/mol. The molecule has 198 valence electrons. The molecule has 1 heterocycles. The number of nitrogens with zero attached hydrogens (tertiary/aromatic N) is 2. The second-order valence-electron chi connectivity index (χ2n) is 9.35. The molecule has 1 aliphatic heterocycles. The van der Waals surface area contributed by atoms with E-state index in [2.05, 4.69) is 15.4 Å². The van der Waals surface area contributed by atoms with Crippen molar-refractivity contribution in [3.05, 3.63) is 51.6 Å². The Bertz CT molecular complexity index is 1380. The number of hydrogen-bond acceptors (Lipinski definition) is 8. The first-order valence-corrected chi connectivity index (χ1v) is 12.9. The van der Waals surface area contributed by atoms with Crippen molar-refractivity contribution >= 4 is 50.6 Å². The molecule has 0 unspecified atom stereocenters. The van der Waals surface area contributed by atoms with Crippen molar-refractivity contribution in [3.8, 4) is 5.75 Å². The van der Waals surface area contributed by atoms with Crippen LogP contribution in [0.3, 0.4) is 0 Å². The number of carbonyl (C=O) groups is 3. The minimum Gasteiger partial charge on any atom is -0.496 e. The van der Waals surface area contributed by atoms with E-state index in [9.17, 15) is 32.9 Å². The quantitative estimate of drug-likeness (QED) is 0.359. The van der Waals surface area contributed by atoms with Gasteiger partial charge in [-0.1, -0.05) is 20.8 Å². The van der Waals surface area contributed by atoms with Gasteiger partial charge in [-0.2, -0.15) is 0 Å². The molecule has 2 aromatic carbocycles. The van der Waals surface area contributed by atoms with Crippen LogP contribution in [0.5, 0.6) is 5.75 Å². The normalized spacial score (nSPS) is 14.1. The first kappa shape index (κ1) is 27.4. The Morgan fingerprint density at radius 3 is 2.41 bits per heavy atom. The fraction of sp³-hybridized carbons (Fsp3) is 0.348. The molecule has 0 atom stereocenters. The number of ether oxygens (including phenoxy) is 1. The van der Waals surface area contributed by atoms with E-state index in [1.54, 1.807) is 6.07 Å². The maximum Gasteiger partial charge on any atom is 0.328 e. The molecule has 3 N–H and O–H groups in total. The number of imide groups is 1. The smallest absolute Gasteiger partial charge is 0.328 e. The number of benzene rings is 2. The third-order valence-electron chi connectivity index (χ3n) is 5.40. The van der Waals surface area contributed by atoms with Gasteiger partial charge in [0.1, 0.15) is 11.4 Å². The molecule has 13 nitrogen and oxygen atoms in total. The highest BCUT2D eigenvalue weighted by molar-refractivity contribution is 7.92. The number of sulfonamides is 1. The molecule has 2 aromatic rings. The zero-order valence-corrected chi connectivity index (χ0v) is 21.7. The average molecular weight is 534 g/mol. The van der Waals surface area contributed by atoms with Crippen molar-refractivity contribution in [3.63, 3.8) is 0 Å². The molecule has 3 rings (SSSR count). The molecule has 0 saturated carbocycles. The molecule has 1 fully saturated rings. The van der Waals surface area contributed by atoms with Gasteiger partial charge in [0.2, 0.25) is 15.9 Å². The lowest BCUT2D eigenvalue weighted by Gasteiger charge is -2.30. The third-order valence-corrected chi connectivity index (χ3v) is 5.99. The first-order valence-electron chi connectivity index (χ1n) is 11.0. The molecule has 1 saturated heterocycles. The molecule has 0 aromatic heterocycles. The van der Waals surface area contributed by atoms with Gasteiger partial charge in [0.05, 0.1) is 29.5 Å². The van der Waals surface area contributed by atoms with Gasteiger partial charge in [-0.3, -0.25) is 24.4 Å². The molecular formula is C23H27N5O8S. The molecule has 0 aliphatic carbocycles. The topological polar surface area (TPSA) is 177 Å². The highest BCUT2D eigenvalue weighted by Crippen LogP contribution is 2.39. The number of nitro benzene ring substituents is 1. The Labute approximate surface area is 213 Å². The van der Waals surface area contributed by atoms with Gasteiger partial charge < -0.3 is 15.4 Å². The minimum absolute atomic E-state index is 0.00677. The van der Waals surface area contributed by atoms with Crippen LogP contribution in [0.25, 0.3) is 0 Å². The summed E-state index contributed by atoms with van der Waals surface area (Å²) < 4.78 is 30.7. The van der Waals surface area contributed by atoms with Gasteiger partial charge >= 0.3 is 6.03 Å². The van der Waals surface area contributed by atoms with Gasteiger partial charge in [-0.05, 0) is 29.7 Å². The number of anilines is 3. The third kappa shape index (κ3) is 6.14. The number of rotatable bonds is 7. The Balaban J connectivity index is 2.10. The molecule has 37 heavy (non-hydrogen) atoms. The van der Waals surface area contributed by atoms with Crippen LogP contribution in [-0.4, -0.2) is 51.1 Å². The average Bonchev–Trinajstić information content (AvgIpc) is 2.77. The van der Waals surface area contributed by atoms with Crippen LogP contribution >= 0.6 is 0 Å². The second kappa shape index (κ2) is 10.0. The molecular weight excluding hydrogens is 506 g/mol. The Hall–Kier alpha value is -4.20. The number of nitrogens with one attached hydrogen (secondary N) is 3. The van der Waals surface area contributed by atoms with Crippen LogP contribution in [0.4, 0.5) is 27.5 Å². The summed E-state index contributed by atoms with van der Waals surface area (Å²) in [6.07, 6.45) is 0.938. The number of amides is 4. The van der Waals surface area contributed by atoms with Crippen LogP contribution in [0.2, 0.25) is 0 Å². The van der Waals surface area contributed by atoms with Gasteiger partial charge in [-0.15, -0.1) is 0 Å². The van der Waals surface area contributed by atoms with Crippen LogP contribution < -0.4 is 25.0 Å². The number of methoxy groups -OCH3 is 1. The zero-order valence-electron chi connectivity index (χ0n) is 20.9. The summed E-state index contributed by atoms with van der Waals surface area (Å²) in [6.45, 7) is 5.80. The molecule has 0 spiro atoms. The fourth-order valence-electron chi connectivity index (χ4n) is 3.78. The molecule has 0 bridgehead atoms. The van der Waals surface area contributed by atoms with Crippen LogP contribution in [0.1, 0.15) is 43.1 Å². The van der Waals surface area contributed by atoms with Gasteiger partial charge in [0, 0.05) is 30.3 Å². The van der Waals surface area contributed by atoms with Crippen LogP contribution in [-0.2, 0) is 20.2 Å². The Morgan fingerprint density at radius 2 is 1.86 bits per heavy atom. The maximum absolute atomic E-state index is 13.4. The van der Waals surface area contributed by atoms with Gasteiger partial charge in [0.25, 0.3) is 11.6 Å². The summed E-state index contributed by atoms with van der Waals surface area (Å²) in [5, 5.41) is 16.7. The predicted molar refractivity (Wildman–Crippen MR) is 137 cm³/mol. The first-order chi connectivity index (χ1) is 17.1. The molecule has 4 amide bonds. The second-order valence-corrected chi connectivity index (χ2v) is 11.1. The predicted octanol–water partition coefficient (Wildman–Crippen LogP) is 2.97. The number of hydrogen-bond donors (Lipinski definition) is 3. The van der Waals surface area contributed by atoms with E-state index in [1.807, 2.05) is 20.8 Å². The van der Waals surface area contributed by atoms with Crippen LogP contribution in [0, 0.1) is 10.1 Å².